The summed E-state index contributed by atoms with van der Waals surface area (Å²) in [7, 11) is 0. The van der Waals surface area contributed by atoms with Crippen molar-refractivity contribution < 1.29 is 4.79 Å². The van der Waals surface area contributed by atoms with E-state index >= 15 is 0 Å². The summed E-state index contributed by atoms with van der Waals surface area (Å²) in [5, 5.41) is 3.13. The number of benzene rings is 1. The van der Waals surface area contributed by atoms with E-state index in [0.29, 0.717) is 6.54 Å². The van der Waals surface area contributed by atoms with Crippen LogP contribution in [0.5, 0.6) is 0 Å². The van der Waals surface area contributed by atoms with E-state index in [4.69, 9.17) is 9.97 Å². The maximum absolute atomic E-state index is 12.7. The lowest BCUT2D eigenvalue weighted by molar-refractivity contribution is -0.125. The highest BCUT2D eigenvalue weighted by molar-refractivity contribution is 5.79. The van der Waals surface area contributed by atoms with Gasteiger partial charge in [0.15, 0.2) is 5.82 Å². The molecule has 164 valence electrons. The van der Waals surface area contributed by atoms with E-state index < -0.39 is 0 Å². The Kier molecular flexibility index (Phi) is 5.84. The van der Waals surface area contributed by atoms with Crippen molar-refractivity contribution in [2.75, 3.05) is 18.0 Å². The first kappa shape index (κ1) is 20.6. The van der Waals surface area contributed by atoms with Crippen molar-refractivity contribution in [1.82, 2.24) is 20.3 Å². The molecule has 2 aromatic heterocycles. The van der Waals surface area contributed by atoms with Crippen LogP contribution in [0.1, 0.15) is 41.6 Å². The van der Waals surface area contributed by atoms with Gasteiger partial charge < -0.3 is 10.2 Å². The summed E-state index contributed by atoms with van der Waals surface area (Å²) in [5.74, 6) is 2.07. The minimum Gasteiger partial charge on any atom is -0.356 e. The highest BCUT2D eigenvalue weighted by Crippen LogP contribution is 2.33. The first-order valence-electron chi connectivity index (χ1n) is 11.6. The summed E-state index contributed by atoms with van der Waals surface area (Å²) in [5.41, 5.74) is 5.85. The average Bonchev–Trinajstić information content (AvgIpc) is 3.32. The maximum atomic E-state index is 12.7. The molecule has 3 aromatic rings. The topological polar surface area (TPSA) is 71.0 Å². The third-order valence-corrected chi connectivity index (χ3v) is 6.60. The number of aryl methyl sites for hydroxylation is 2. The van der Waals surface area contributed by atoms with E-state index in [1.807, 2.05) is 12.1 Å². The standard InChI is InChI=1S/C26H29N5O/c1-18-5-7-19(8-6-18)17-28-26(32)21-11-15-31(16-12-21)25-22-3-2-4-23(22)29-24(30-25)20-9-13-27-14-10-20/h5-10,13-14,21H,2-4,11-12,15-17H2,1H3,(H,28,32). The number of anilines is 1. The second kappa shape index (κ2) is 9.07. The van der Waals surface area contributed by atoms with Crippen LogP contribution in [0, 0.1) is 12.8 Å². The first-order valence-corrected chi connectivity index (χ1v) is 11.6. The molecule has 1 N–H and O–H groups in total. The average molecular weight is 428 g/mol. The van der Waals surface area contributed by atoms with Gasteiger partial charge in [-0.1, -0.05) is 29.8 Å². The Labute approximate surface area is 189 Å². The molecule has 2 aliphatic rings. The summed E-state index contributed by atoms with van der Waals surface area (Å²) >= 11 is 0. The zero-order chi connectivity index (χ0) is 21.9. The third kappa shape index (κ3) is 4.35. The Balaban J connectivity index is 1.25. The van der Waals surface area contributed by atoms with Gasteiger partial charge in [0.25, 0.3) is 0 Å². The van der Waals surface area contributed by atoms with Crippen LogP contribution in [0.2, 0.25) is 0 Å². The molecule has 1 aromatic carbocycles. The smallest absolute Gasteiger partial charge is 0.223 e. The van der Waals surface area contributed by atoms with E-state index in [0.717, 1.165) is 68.0 Å². The summed E-state index contributed by atoms with van der Waals surface area (Å²) in [6, 6.07) is 12.2. The van der Waals surface area contributed by atoms with Crippen molar-refractivity contribution in [2.45, 2.75) is 45.6 Å². The maximum Gasteiger partial charge on any atom is 0.223 e. The monoisotopic (exact) mass is 427 g/mol. The van der Waals surface area contributed by atoms with Crippen molar-refractivity contribution in [1.29, 1.82) is 0 Å². The number of amides is 1. The number of fused-ring (bicyclic) bond motifs is 1. The van der Waals surface area contributed by atoms with E-state index in [1.54, 1.807) is 12.4 Å². The molecule has 0 spiro atoms. The molecular weight excluding hydrogens is 398 g/mol. The molecule has 0 bridgehead atoms. The lowest BCUT2D eigenvalue weighted by atomic mass is 9.95. The predicted molar refractivity (Wildman–Crippen MR) is 125 cm³/mol. The van der Waals surface area contributed by atoms with Crippen LogP contribution in [0.15, 0.2) is 48.8 Å². The van der Waals surface area contributed by atoms with Crippen molar-refractivity contribution >= 4 is 11.7 Å². The molecule has 0 atom stereocenters. The molecule has 32 heavy (non-hydrogen) atoms. The Morgan fingerprint density at radius 3 is 2.53 bits per heavy atom. The molecule has 1 aliphatic heterocycles. The summed E-state index contributed by atoms with van der Waals surface area (Å²) in [6.07, 6.45) is 8.46. The Morgan fingerprint density at radius 1 is 1.03 bits per heavy atom. The number of piperidine rings is 1. The second-order valence-corrected chi connectivity index (χ2v) is 8.85. The van der Waals surface area contributed by atoms with Gasteiger partial charge in [-0.15, -0.1) is 0 Å². The molecule has 1 saturated heterocycles. The number of hydrogen-bond donors (Lipinski definition) is 1. The van der Waals surface area contributed by atoms with Crippen molar-refractivity contribution in [3.05, 3.63) is 71.2 Å². The second-order valence-electron chi connectivity index (χ2n) is 8.85. The van der Waals surface area contributed by atoms with E-state index in [-0.39, 0.29) is 11.8 Å². The number of carbonyl (C=O) groups is 1. The minimum atomic E-state index is 0.0613. The van der Waals surface area contributed by atoms with Crippen molar-refractivity contribution in [3.8, 4) is 11.4 Å². The van der Waals surface area contributed by atoms with Crippen LogP contribution >= 0.6 is 0 Å². The number of carbonyl (C=O) groups excluding carboxylic acids is 1. The SMILES string of the molecule is Cc1ccc(CNC(=O)C2CCN(c3nc(-c4ccncc4)nc4c3CCC4)CC2)cc1. The molecule has 5 rings (SSSR count). The molecule has 0 saturated carbocycles. The highest BCUT2D eigenvalue weighted by Gasteiger charge is 2.29. The first-order chi connectivity index (χ1) is 15.7. The van der Waals surface area contributed by atoms with E-state index in [9.17, 15) is 4.79 Å². The van der Waals surface area contributed by atoms with Crippen LogP contribution < -0.4 is 10.2 Å². The van der Waals surface area contributed by atoms with Gasteiger partial charge in [-0.25, -0.2) is 9.97 Å². The Bertz CT molecular complexity index is 1090. The number of aromatic nitrogens is 3. The zero-order valence-electron chi connectivity index (χ0n) is 18.6. The number of rotatable bonds is 5. The van der Waals surface area contributed by atoms with Gasteiger partial charge in [0.2, 0.25) is 5.91 Å². The molecule has 1 fully saturated rings. The molecule has 6 nitrogen and oxygen atoms in total. The highest BCUT2D eigenvalue weighted by atomic mass is 16.1. The fraction of sp³-hybridized carbons (Fsp3) is 0.385. The Morgan fingerprint density at radius 2 is 1.78 bits per heavy atom. The molecule has 1 amide bonds. The summed E-state index contributed by atoms with van der Waals surface area (Å²) < 4.78 is 0. The van der Waals surface area contributed by atoms with Crippen LogP contribution in [0.3, 0.4) is 0 Å². The lowest BCUT2D eigenvalue weighted by Crippen LogP contribution is -2.41. The summed E-state index contributed by atoms with van der Waals surface area (Å²) in [6.45, 7) is 4.36. The molecule has 0 radical (unpaired) electrons. The molecule has 0 unspecified atom stereocenters. The van der Waals surface area contributed by atoms with Crippen LogP contribution in [-0.2, 0) is 24.2 Å². The van der Waals surface area contributed by atoms with Gasteiger partial charge in [0.05, 0.1) is 0 Å². The van der Waals surface area contributed by atoms with Gasteiger partial charge in [-0.2, -0.15) is 0 Å². The van der Waals surface area contributed by atoms with E-state index in [1.165, 1.54) is 16.8 Å². The zero-order valence-corrected chi connectivity index (χ0v) is 18.6. The number of hydrogen-bond acceptors (Lipinski definition) is 5. The number of nitrogens with zero attached hydrogens (tertiary/aromatic N) is 4. The van der Waals surface area contributed by atoms with Gasteiger partial charge in [0.1, 0.15) is 5.82 Å². The van der Waals surface area contributed by atoms with Crippen LogP contribution in [0.4, 0.5) is 5.82 Å². The Hall–Kier alpha value is -3.28. The van der Waals surface area contributed by atoms with Crippen LogP contribution in [0.25, 0.3) is 11.4 Å². The number of nitrogens with one attached hydrogen (secondary N) is 1. The van der Waals surface area contributed by atoms with Crippen molar-refractivity contribution in [3.63, 3.8) is 0 Å². The quantitative estimate of drug-likeness (QED) is 0.669. The van der Waals surface area contributed by atoms with Gasteiger partial charge in [-0.05, 0) is 56.7 Å². The van der Waals surface area contributed by atoms with Gasteiger partial charge in [-0.3, -0.25) is 9.78 Å². The fourth-order valence-electron chi connectivity index (χ4n) is 4.70. The van der Waals surface area contributed by atoms with Crippen molar-refractivity contribution in [2.24, 2.45) is 5.92 Å². The summed E-state index contributed by atoms with van der Waals surface area (Å²) in [4.78, 5) is 29.1. The van der Waals surface area contributed by atoms with Gasteiger partial charge in [0, 0.05) is 54.8 Å². The van der Waals surface area contributed by atoms with Crippen LogP contribution in [-0.4, -0.2) is 33.9 Å². The number of pyridine rings is 1. The normalized spacial score (nSPS) is 16.1. The van der Waals surface area contributed by atoms with Gasteiger partial charge >= 0.3 is 0 Å². The molecular formula is C26H29N5O. The minimum absolute atomic E-state index is 0.0613. The molecule has 3 heterocycles. The predicted octanol–water partition coefficient (Wildman–Crippen LogP) is 3.87. The largest absolute Gasteiger partial charge is 0.356 e. The fourth-order valence-corrected chi connectivity index (χ4v) is 4.70. The van der Waals surface area contributed by atoms with E-state index in [2.05, 4.69) is 46.4 Å². The molecule has 1 aliphatic carbocycles. The lowest BCUT2D eigenvalue weighted by Gasteiger charge is -2.33. The molecule has 6 heteroatoms. The third-order valence-electron chi connectivity index (χ3n) is 6.60.